The van der Waals surface area contributed by atoms with Gasteiger partial charge in [-0.3, -0.25) is 0 Å². The predicted molar refractivity (Wildman–Crippen MR) is 57.8 cm³/mol. The van der Waals surface area contributed by atoms with Gasteiger partial charge in [0.15, 0.2) is 5.82 Å². The van der Waals surface area contributed by atoms with Crippen LogP contribution in [0.4, 0.5) is 0 Å². The van der Waals surface area contributed by atoms with Gasteiger partial charge in [0.05, 0.1) is 0 Å². The molecule has 84 valence electrons. The second kappa shape index (κ2) is 3.93. The minimum atomic E-state index is -0.0435. The largest absolute Gasteiger partial charge is 0.339 e. The van der Waals surface area contributed by atoms with Gasteiger partial charge in [-0.05, 0) is 25.9 Å². The van der Waals surface area contributed by atoms with Crippen LogP contribution in [0.5, 0.6) is 0 Å². The summed E-state index contributed by atoms with van der Waals surface area (Å²) in [6.07, 6.45) is 2.23. The summed E-state index contributed by atoms with van der Waals surface area (Å²) in [6, 6.07) is 0. The fourth-order valence-corrected chi connectivity index (χ4v) is 1.79. The zero-order chi connectivity index (χ0) is 10.9. The number of nitrogens with one attached hydrogen (secondary N) is 1. The molecule has 0 aliphatic carbocycles. The van der Waals surface area contributed by atoms with Crippen LogP contribution in [0.2, 0.25) is 0 Å². The molecule has 0 bridgehead atoms. The molecule has 1 fully saturated rings. The third-order valence-electron chi connectivity index (χ3n) is 2.79. The van der Waals surface area contributed by atoms with Crippen LogP contribution in [-0.4, -0.2) is 23.2 Å². The highest BCUT2D eigenvalue weighted by atomic mass is 16.5. The van der Waals surface area contributed by atoms with E-state index in [1.54, 1.807) is 0 Å². The van der Waals surface area contributed by atoms with Gasteiger partial charge in [-0.2, -0.15) is 4.98 Å². The van der Waals surface area contributed by atoms with Gasteiger partial charge in [-0.1, -0.05) is 25.9 Å². The second-order valence-corrected chi connectivity index (χ2v) is 5.23. The Labute approximate surface area is 90.4 Å². The first kappa shape index (κ1) is 10.6. The average Bonchev–Trinajstić information content (AvgIpc) is 2.67. The van der Waals surface area contributed by atoms with Crippen molar-refractivity contribution in [2.24, 2.45) is 0 Å². The molecule has 2 heterocycles. The van der Waals surface area contributed by atoms with Crippen LogP contribution < -0.4 is 5.32 Å². The molecule has 1 N–H and O–H groups in total. The highest BCUT2D eigenvalue weighted by Crippen LogP contribution is 2.26. The minimum Gasteiger partial charge on any atom is -0.339 e. The van der Waals surface area contributed by atoms with Crippen molar-refractivity contribution < 1.29 is 4.52 Å². The van der Waals surface area contributed by atoms with Gasteiger partial charge in [-0.15, -0.1) is 0 Å². The van der Waals surface area contributed by atoms with Gasteiger partial charge in [0.25, 0.3) is 0 Å². The molecule has 0 unspecified atom stereocenters. The minimum absolute atomic E-state index is 0.0435. The predicted octanol–water partition coefficient (Wildman–Crippen LogP) is 1.83. The first-order chi connectivity index (χ1) is 7.07. The fourth-order valence-electron chi connectivity index (χ4n) is 1.79. The molecule has 2 rings (SSSR count). The smallest absolute Gasteiger partial charge is 0.232 e. The Kier molecular flexibility index (Phi) is 2.78. The fraction of sp³-hybridized carbons (Fsp3) is 0.818. The zero-order valence-electron chi connectivity index (χ0n) is 9.71. The normalized spacial score (nSPS) is 19.4. The lowest BCUT2D eigenvalue weighted by molar-refractivity contribution is 0.314. The van der Waals surface area contributed by atoms with Gasteiger partial charge in [0.2, 0.25) is 5.89 Å². The van der Waals surface area contributed by atoms with Crippen LogP contribution in [0, 0.1) is 0 Å². The highest BCUT2D eigenvalue weighted by Gasteiger charge is 2.25. The third kappa shape index (κ3) is 2.37. The molecule has 0 atom stereocenters. The summed E-state index contributed by atoms with van der Waals surface area (Å²) in [5.41, 5.74) is -0.0435. The van der Waals surface area contributed by atoms with Crippen molar-refractivity contribution in [2.45, 2.75) is 44.9 Å². The summed E-state index contributed by atoms with van der Waals surface area (Å²) in [7, 11) is 0. The van der Waals surface area contributed by atoms with E-state index in [1.165, 1.54) is 0 Å². The van der Waals surface area contributed by atoms with Crippen molar-refractivity contribution in [2.75, 3.05) is 13.1 Å². The van der Waals surface area contributed by atoms with E-state index < -0.39 is 0 Å². The van der Waals surface area contributed by atoms with Gasteiger partial charge in [0, 0.05) is 11.3 Å². The van der Waals surface area contributed by atoms with E-state index in [4.69, 9.17) is 4.52 Å². The zero-order valence-corrected chi connectivity index (χ0v) is 9.71. The molecule has 1 aliphatic rings. The van der Waals surface area contributed by atoms with Crippen LogP contribution in [0.1, 0.15) is 51.2 Å². The van der Waals surface area contributed by atoms with Crippen LogP contribution in [0.3, 0.4) is 0 Å². The topological polar surface area (TPSA) is 51.0 Å². The number of hydrogen-bond acceptors (Lipinski definition) is 4. The maximum Gasteiger partial charge on any atom is 0.232 e. The number of aromatic nitrogens is 2. The number of piperidine rings is 1. The van der Waals surface area contributed by atoms with Crippen molar-refractivity contribution in [3.05, 3.63) is 11.7 Å². The summed E-state index contributed by atoms with van der Waals surface area (Å²) in [5, 5.41) is 7.43. The lowest BCUT2D eigenvalue weighted by Gasteiger charge is -2.19. The number of rotatable bonds is 1. The van der Waals surface area contributed by atoms with E-state index >= 15 is 0 Å². The Balaban J connectivity index is 2.12. The third-order valence-corrected chi connectivity index (χ3v) is 2.79. The lowest BCUT2D eigenvalue weighted by Crippen LogP contribution is -2.27. The van der Waals surface area contributed by atoms with Gasteiger partial charge in [0.1, 0.15) is 0 Å². The lowest BCUT2D eigenvalue weighted by atomic mass is 9.95. The summed E-state index contributed by atoms with van der Waals surface area (Å²) in [6.45, 7) is 8.39. The maximum atomic E-state index is 5.30. The van der Waals surface area contributed by atoms with Crippen LogP contribution >= 0.6 is 0 Å². The first-order valence-electron chi connectivity index (χ1n) is 5.62. The molecule has 15 heavy (non-hydrogen) atoms. The van der Waals surface area contributed by atoms with Crippen molar-refractivity contribution >= 4 is 0 Å². The molecular formula is C11H19N3O. The second-order valence-electron chi connectivity index (χ2n) is 5.23. The van der Waals surface area contributed by atoms with Crippen LogP contribution in [0.25, 0.3) is 0 Å². The van der Waals surface area contributed by atoms with Crippen molar-refractivity contribution in [1.82, 2.24) is 15.5 Å². The van der Waals surface area contributed by atoms with E-state index in [2.05, 4.69) is 36.2 Å². The molecular weight excluding hydrogens is 190 g/mol. The molecule has 4 nitrogen and oxygen atoms in total. The SMILES string of the molecule is CC(C)(C)c1nc(C2CCNCC2)no1. The van der Waals surface area contributed by atoms with E-state index in [0.29, 0.717) is 5.92 Å². The Morgan fingerprint density at radius 1 is 1.27 bits per heavy atom. The Morgan fingerprint density at radius 2 is 1.93 bits per heavy atom. The van der Waals surface area contributed by atoms with Crippen LogP contribution in [0.15, 0.2) is 4.52 Å². The summed E-state index contributed by atoms with van der Waals surface area (Å²) < 4.78 is 5.30. The molecule has 0 radical (unpaired) electrons. The first-order valence-corrected chi connectivity index (χ1v) is 5.62. The average molecular weight is 209 g/mol. The quantitative estimate of drug-likeness (QED) is 0.766. The number of hydrogen-bond donors (Lipinski definition) is 1. The van der Waals surface area contributed by atoms with Gasteiger partial charge in [-0.25, -0.2) is 0 Å². The summed E-state index contributed by atoms with van der Waals surface area (Å²) >= 11 is 0. The van der Waals surface area contributed by atoms with E-state index in [9.17, 15) is 0 Å². The monoisotopic (exact) mass is 209 g/mol. The molecule has 0 saturated carbocycles. The molecule has 1 aromatic heterocycles. The molecule has 1 aromatic rings. The van der Waals surface area contributed by atoms with Crippen molar-refractivity contribution in [3.63, 3.8) is 0 Å². The van der Waals surface area contributed by atoms with E-state index in [0.717, 1.165) is 37.6 Å². The van der Waals surface area contributed by atoms with Crippen molar-refractivity contribution in [1.29, 1.82) is 0 Å². The van der Waals surface area contributed by atoms with E-state index in [-0.39, 0.29) is 5.41 Å². The molecule has 0 aromatic carbocycles. The standard InChI is InChI=1S/C11H19N3O/c1-11(2,3)10-13-9(14-15-10)8-4-6-12-7-5-8/h8,12H,4-7H2,1-3H3. The highest BCUT2D eigenvalue weighted by molar-refractivity contribution is 5.03. The summed E-state index contributed by atoms with van der Waals surface area (Å²) in [5.74, 6) is 2.11. The Bertz CT molecular complexity index is 321. The summed E-state index contributed by atoms with van der Waals surface area (Å²) in [4.78, 5) is 4.50. The molecule has 1 aliphatic heterocycles. The molecule has 1 saturated heterocycles. The molecule has 0 amide bonds. The Hall–Kier alpha value is -0.900. The number of nitrogens with zero attached hydrogens (tertiary/aromatic N) is 2. The van der Waals surface area contributed by atoms with E-state index in [1.807, 2.05) is 0 Å². The molecule has 4 heteroatoms. The van der Waals surface area contributed by atoms with Crippen molar-refractivity contribution in [3.8, 4) is 0 Å². The van der Waals surface area contributed by atoms with Gasteiger partial charge >= 0.3 is 0 Å². The molecule has 0 spiro atoms. The van der Waals surface area contributed by atoms with Gasteiger partial charge < -0.3 is 9.84 Å². The van der Waals surface area contributed by atoms with Crippen LogP contribution in [-0.2, 0) is 5.41 Å². The maximum absolute atomic E-state index is 5.30. The Morgan fingerprint density at radius 3 is 2.47 bits per heavy atom.